The molecule has 20 heavy (non-hydrogen) atoms. The molecule has 0 saturated carbocycles. The SMILES string of the molecule is CC(C)(C)NCc1ccnc(NCCNC(N)=O)c1F. The highest BCUT2D eigenvalue weighted by atomic mass is 19.1. The average molecular weight is 283 g/mol. The summed E-state index contributed by atoms with van der Waals surface area (Å²) < 4.78 is 14.2. The smallest absolute Gasteiger partial charge is 0.312 e. The second kappa shape index (κ2) is 7.04. The van der Waals surface area contributed by atoms with E-state index in [0.29, 0.717) is 25.2 Å². The van der Waals surface area contributed by atoms with Gasteiger partial charge in [0.2, 0.25) is 0 Å². The fourth-order valence-corrected chi connectivity index (χ4v) is 1.47. The van der Waals surface area contributed by atoms with Crippen molar-refractivity contribution in [1.29, 1.82) is 0 Å². The van der Waals surface area contributed by atoms with Crippen molar-refractivity contribution in [2.45, 2.75) is 32.9 Å². The van der Waals surface area contributed by atoms with Crippen LogP contribution in [0.5, 0.6) is 0 Å². The molecular formula is C13H22FN5O. The van der Waals surface area contributed by atoms with E-state index in [1.165, 1.54) is 0 Å². The van der Waals surface area contributed by atoms with Crippen molar-refractivity contribution in [3.05, 3.63) is 23.6 Å². The molecule has 0 unspecified atom stereocenters. The minimum Gasteiger partial charge on any atom is -0.366 e. The summed E-state index contributed by atoms with van der Waals surface area (Å²) in [7, 11) is 0. The quantitative estimate of drug-likeness (QED) is 0.590. The van der Waals surface area contributed by atoms with Gasteiger partial charge in [0.15, 0.2) is 11.6 Å². The highest BCUT2D eigenvalue weighted by molar-refractivity contribution is 5.71. The highest BCUT2D eigenvalue weighted by Gasteiger charge is 2.13. The van der Waals surface area contributed by atoms with Gasteiger partial charge in [-0.1, -0.05) is 0 Å². The number of urea groups is 1. The number of aromatic nitrogens is 1. The van der Waals surface area contributed by atoms with Gasteiger partial charge in [-0.05, 0) is 26.8 Å². The lowest BCUT2D eigenvalue weighted by molar-refractivity contribution is 0.249. The molecule has 0 fully saturated rings. The third-order valence-corrected chi connectivity index (χ3v) is 2.50. The minimum absolute atomic E-state index is 0.0886. The average Bonchev–Trinajstić information content (AvgIpc) is 2.33. The Morgan fingerprint density at radius 1 is 1.40 bits per heavy atom. The van der Waals surface area contributed by atoms with Gasteiger partial charge in [-0.15, -0.1) is 0 Å². The number of anilines is 1. The summed E-state index contributed by atoms with van der Waals surface area (Å²) >= 11 is 0. The molecule has 5 N–H and O–H groups in total. The Labute approximate surface area is 118 Å². The van der Waals surface area contributed by atoms with E-state index in [4.69, 9.17) is 5.73 Å². The summed E-state index contributed by atoms with van der Waals surface area (Å²) in [6.07, 6.45) is 1.55. The van der Waals surface area contributed by atoms with E-state index in [0.717, 1.165) is 0 Å². The van der Waals surface area contributed by atoms with Gasteiger partial charge >= 0.3 is 6.03 Å². The number of hydrogen-bond donors (Lipinski definition) is 4. The molecule has 1 aromatic rings. The molecule has 0 aliphatic heterocycles. The van der Waals surface area contributed by atoms with Gasteiger partial charge in [-0.3, -0.25) is 0 Å². The third kappa shape index (κ3) is 5.83. The third-order valence-electron chi connectivity index (χ3n) is 2.50. The second-order valence-electron chi connectivity index (χ2n) is 5.45. The van der Waals surface area contributed by atoms with Crippen LogP contribution in [-0.2, 0) is 6.54 Å². The fraction of sp³-hybridized carbons (Fsp3) is 0.538. The van der Waals surface area contributed by atoms with Crippen LogP contribution in [0.2, 0.25) is 0 Å². The monoisotopic (exact) mass is 283 g/mol. The van der Waals surface area contributed by atoms with Crippen LogP contribution in [0.3, 0.4) is 0 Å². The maximum absolute atomic E-state index is 14.2. The Hall–Kier alpha value is -1.89. The Bertz CT molecular complexity index is 459. The van der Waals surface area contributed by atoms with E-state index in [9.17, 15) is 9.18 Å². The van der Waals surface area contributed by atoms with Gasteiger partial charge in [-0.25, -0.2) is 14.2 Å². The molecule has 112 valence electrons. The van der Waals surface area contributed by atoms with Crippen LogP contribution in [0, 0.1) is 5.82 Å². The first-order valence-electron chi connectivity index (χ1n) is 6.45. The van der Waals surface area contributed by atoms with E-state index in [-0.39, 0.29) is 17.2 Å². The topological polar surface area (TPSA) is 92.1 Å². The zero-order chi connectivity index (χ0) is 15.2. The van der Waals surface area contributed by atoms with Crippen molar-refractivity contribution in [2.75, 3.05) is 18.4 Å². The van der Waals surface area contributed by atoms with Crippen LogP contribution >= 0.6 is 0 Å². The van der Waals surface area contributed by atoms with E-state index >= 15 is 0 Å². The van der Waals surface area contributed by atoms with Gasteiger partial charge < -0.3 is 21.7 Å². The van der Waals surface area contributed by atoms with Crippen LogP contribution in [-0.4, -0.2) is 29.6 Å². The first-order valence-corrected chi connectivity index (χ1v) is 6.45. The number of nitrogens with two attached hydrogens (primary N) is 1. The summed E-state index contributed by atoms with van der Waals surface area (Å²) in [6, 6.07) is 1.03. The maximum atomic E-state index is 14.2. The molecule has 1 rings (SSSR count). The summed E-state index contributed by atoms with van der Waals surface area (Å²) in [5, 5.41) is 8.45. The Morgan fingerprint density at radius 2 is 2.10 bits per heavy atom. The lowest BCUT2D eigenvalue weighted by Crippen LogP contribution is -2.35. The van der Waals surface area contributed by atoms with Gasteiger partial charge in [0.05, 0.1) is 0 Å². The van der Waals surface area contributed by atoms with Crippen molar-refractivity contribution in [3.8, 4) is 0 Å². The molecular weight excluding hydrogens is 261 g/mol. The Kier molecular flexibility index (Phi) is 5.69. The normalized spacial score (nSPS) is 11.2. The number of nitrogens with zero attached hydrogens (tertiary/aromatic N) is 1. The number of halogens is 1. The van der Waals surface area contributed by atoms with Crippen LogP contribution in [0.1, 0.15) is 26.3 Å². The van der Waals surface area contributed by atoms with Crippen molar-refractivity contribution in [2.24, 2.45) is 5.73 Å². The molecule has 7 heteroatoms. The molecule has 0 aliphatic carbocycles. The van der Waals surface area contributed by atoms with Crippen molar-refractivity contribution < 1.29 is 9.18 Å². The molecule has 0 aromatic carbocycles. The zero-order valence-corrected chi connectivity index (χ0v) is 12.1. The van der Waals surface area contributed by atoms with E-state index in [2.05, 4.69) is 20.9 Å². The Balaban J connectivity index is 2.58. The van der Waals surface area contributed by atoms with Crippen LogP contribution < -0.4 is 21.7 Å². The van der Waals surface area contributed by atoms with E-state index in [1.807, 2.05) is 20.8 Å². The van der Waals surface area contributed by atoms with Crippen molar-refractivity contribution in [3.63, 3.8) is 0 Å². The van der Waals surface area contributed by atoms with Gasteiger partial charge in [0, 0.05) is 36.9 Å². The predicted octanol–water partition coefficient (Wildman–Crippen LogP) is 1.19. The number of pyridine rings is 1. The predicted molar refractivity (Wildman–Crippen MR) is 76.9 cm³/mol. The Morgan fingerprint density at radius 3 is 2.70 bits per heavy atom. The first kappa shape index (κ1) is 16.2. The van der Waals surface area contributed by atoms with Gasteiger partial charge in [0.1, 0.15) is 0 Å². The largest absolute Gasteiger partial charge is 0.366 e. The molecule has 6 nitrogen and oxygen atoms in total. The molecule has 0 bridgehead atoms. The summed E-state index contributed by atoms with van der Waals surface area (Å²) in [4.78, 5) is 14.4. The summed E-state index contributed by atoms with van der Waals surface area (Å²) in [5.41, 5.74) is 5.38. The van der Waals surface area contributed by atoms with E-state index in [1.54, 1.807) is 12.3 Å². The minimum atomic E-state index is -0.608. The van der Waals surface area contributed by atoms with E-state index < -0.39 is 6.03 Å². The van der Waals surface area contributed by atoms with Crippen LogP contribution in [0.4, 0.5) is 15.0 Å². The fourth-order valence-electron chi connectivity index (χ4n) is 1.47. The first-order chi connectivity index (χ1) is 9.29. The summed E-state index contributed by atoms with van der Waals surface area (Å²) in [6.45, 7) is 7.12. The molecule has 0 aliphatic rings. The number of hydrogen-bond acceptors (Lipinski definition) is 4. The molecule has 0 spiro atoms. The number of rotatable bonds is 6. The van der Waals surface area contributed by atoms with Crippen molar-refractivity contribution >= 4 is 11.8 Å². The molecule has 1 aromatic heterocycles. The second-order valence-corrected chi connectivity index (χ2v) is 5.45. The number of primary amides is 1. The van der Waals surface area contributed by atoms with Gasteiger partial charge in [-0.2, -0.15) is 0 Å². The zero-order valence-electron chi connectivity index (χ0n) is 12.1. The standard InChI is InChI=1S/C13H22FN5O/c1-13(2,3)19-8-9-4-5-16-11(10(9)14)17-6-7-18-12(15)20/h4-5,19H,6-8H2,1-3H3,(H,16,17)(H3,15,18,20). The van der Waals surface area contributed by atoms with Crippen molar-refractivity contribution in [1.82, 2.24) is 15.6 Å². The number of carbonyl (C=O) groups is 1. The molecule has 0 saturated heterocycles. The highest BCUT2D eigenvalue weighted by Crippen LogP contribution is 2.15. The number of amides is 2. The lowest BCUT2D eigenvalue weighted by Gasteiger charge is -2.21. The lowest BCUT2D eigenvalue weighted by atomic mass is 10.1. The molecule has 0 radical (unpaired) electrons. The van der Waals surface area contributed by atoms with Crippen LogP contribution in [0.25, 0.3) is 0 Å². The number of carbonyl (C=O) groups excluding carboxylic acids is 1. The molecule has 2 amide bonds. The van der Waals surface area contributed by atoms with Gasteiger partial charge in [0.25, 0.3) is 0 Å². The summed E-state index contributed by atoms with van der Waals surface area (Å²) in [5.74, 6) is -0.215. The van der Waals surface area contributed by atoms with Crippen LogP contribution in [0.15, 0.2) is 12.3 Å². The molecule has 0 atom stereocenters. The maximum Gasteiger partial charge on any atom is 0.312 e. The molecule has 1 heterocycles. The number of nitrogens with one attached hydrogen (secondary N) is 3.